The van der Waals surface area contributed by atoms with Gasteiger partial charge in [-0.1, -0.05) is 34.1 Å². The van der Waals surface area contributed by atoms with E-state index in [1.807, 2.05) is 30.3 Å². The van der Waals surface area contributed by atoms with E-state index < -0.39 is 0 Å². The summed E-state index contributed by atoms with van der Waals surface area (Å²) in [5, 5.41) is 5.23. The molecule has 0 aliphatic heterocycles. The number of amides is 2. The van der Waals surface area contributed by atoms with Gasteiger partial charge in [-0.3, -0.25) is 5.32 Å². The molecule has 0 spiro atoms. The van der Waals surface area contributed by atoms with Gasteiger partial charge in [0.05, 0.1) is 0 Å². The Labute approximate surface area is 119 Å². The molecule has 4 nitrogen and oxygen atoms in total. The normalized spacial score (nSPS) is 10.4. The first-order valence-corrected chi connectivity index (χ1v) is 6.44. The molecule has 0 aliphatic carbocycles. The highest BCUT2D eigenvalue weighted by molar-refractivity contribution is 9.10. The zero-order chi connectivity index (χ0) is 13.5. The maximum Gasteiger partial charge on any atom is 0.324 e. The van der Waals surface area contributed by atoms with Crippen LogP contribution in [0.2, 0.25) is 0 Å². The monoisotopic (exact) mass is 317 g/mol. The molecule has 0 atom stereocenters. The van der Waals surface area contributed by atoms with E-state index >= 15 is 0 Å². The molecule has 2 rings (SSSR count). The minimum atomic E-state index is -0.329. The number of urea groups is 1. The van der Waals surface area contributed by atoms with Crippen molar-refractivity contribution >= 4 is 33.9 Å². The first-order valence-electron chi connectivity index (χ1n) is 5.65. The Morgan fingerprint density at radius 1 is 1.21 bits per heavy atom. The number of nitrogens with zero attached hydrogens (tertiary/aromatic N) is 1. The van der Waals surface area contributed by atoms with E-state index in [1.54, 1.807) is 30.6 Å². The molecule has 0 saturated carbocycles. The molecule has 0 saturated heterocycles. The van der Waals surface area contributed by atoms with Gasteiger partial charge in [0, 0.05) is 16.9 Å². The Kier molecular flexibility index (Phi) is 4.69. The standard InChI is InChI=1S/C14H12BrN3O/c15-12-5-3-4-11(10-12)7-9-17-14(19)18-13-6-1-2-8-16-13/h1-10H,(H2,16,17,18,19)/b9-7+. The van der Waals surface area contributed by atoms with Gasteiger partial charge in [0.1, 0.15) is 5.82 Å². The van der Waals surface area contributed by atoms with Gasteiger partial charge in [0.2, 0.25) is 0 Å². The van der Waals surface area contributed by atoms with Crippen LogP contribution in [0.5, 0.6) is 0 Å². The molecule has 2 N–H and O–H groups in total. The number of rotatable bonds is 3. The zero-order valence-corrected chi connectivity index (χ0v) is 11.6. The highest BCUT2D eigenvalue weighted by atomic mass is 79.9. The van der Waals surface area contributed by atoms with Crippen molar-refractivity contribution in [1.82, 2.24) is 10.3 Å². The fourth-order valence-corrected chi connectivity index (χ4v) is 1.83. The maximum atomic E-state index is 11.5. The molecule has 0 radical (unpaired) electrons. The van der Waals surface area contributed by atoms with E-state index in [-0.39, 0.29) is 6.03 Å². The van der Waals surface area contributed by atoms with E-state index in [4.69, 9.17) is 0 Å². The number of aromatic nitrogens is 1. The van der Waals surface area contributed by atoms with Crippen molar-refractivity contribution in [3.63, 3.8) is 0 Å². The van der Waals surface area contributed by atoms with E-state index in [2.05, 4.69) is 31.5 Å². The Morgan fingerprint density at radius 2 is 2.11 bits per heavy atom. The van der Waals surface area contributed by atoms with E-state index in [1.165, 1.54) is 0 Å². The summed E-state index contributed by atoms with van der Waals surface area (Å²) in [6.45, 7) is 0. The van der Waals surface area contributed by atoms with Crippen molar-refractivity contribution < 1.29 is 4.79 Å². The van der Waals surface area contributed by atoms with Gasteiger partial charge in [-0.05, 0) is 35.9 Å². The number of anilines is 1. The van der Waals surface area contributed by atoms with E-state index in [0.717, 1.165) is 10.0 Å². The van der Waals surface area contributed by atoms with Crippen LogP contribution in [0.1, 0.15) is 5.56 Å². The Hall–Kier alpha value is -2.14. The molecule has 0 aliphatic rings. The summed E-state index contributed by atoms with van der Waals surface area (Å²) in [5.74, 6) is 0.510. The van der Waals surface area contributed by atoms with Gasteiger partial charge in [0.25, 0.3) is 0 Å². The number of benzene rings is 1. The minimum Gasteiger partial charge on any atom is -0.314 e. The molecule has 1 aromatic heterocycles. The summed E-state index contributed by atoms with van der Waals surface area (Å²) < 4.78 is 0.993. The number of nitrogens with one attached hydrogen (secondary N) is 2. The van der Waals surface area contributed by atoms with Gasteiger partial charge in [-0.25, -0.2) is 9.78 Å². The fourth-order valence-electron chi connectivity index (χ4n) is 1.41. The molecule has 0 unspecified atom stereocenters. The van der Waals surface area contributed by atoms with Crippen LogP contribution in [0, 0.1) is 0 Å². The molecule has 0 fully saturated rings. The lowest BCUT2D eigenvalue weighted by Gasteiger charge is -2.02. The van der Waals surface area contributed by atoms with Crippen molar-refractivity contribution in [2.24, 2.45) is 0 Å². The third-order valence-corrected chi connectivity index (χ3v) is 2.74. The minimum absolute atomic E-state index is 0.329. The van der Waals surface area contributed by atoms with Gasteiger partial charge in [-0.15, -0.1) is 0 Å². The van der Waals surface area contributed by atoms with Crippen LogP contribution < -0.4 is 10.6 Å². The van der Waals surface area contributed by atoms with Gasteiger partial charge in [0.15, 0.2) is 0 Å². The number of hydrogen-bond acceptors (Lipinski definition) is 2. The SMILES string of the molecule is O=C(N/C=C/c1cccc(Br)c1)Nc1ccccn1. The lowest BCUT2D eigenvalue weighted by Crippen LogP contribution is -2.24. The smallest absolute Gasteiger partial charge is 0.314 e. The summed E-state index contributed by atoms with van der Waals surface area (Å²) >= 11 is 3.39. The summed E-state index contributed by atoms with van der Waals surface area (Å²) in [5.41, 5.74) is 0.993. The molecular weight excluding hydrogens is 306 g/mol. The molecule has 1 aromatic carbocycles. The van der Waals surface area contributed by atoms with Crippen molar-refractivity contribution in [1.29, 1.82) is 0 Å². The van der Waals surface area contributed by atoms with Crippen LogP contribution in [0.3, 0.4) is 0 Å². The van der Waals surface area contributed by atoms with E-state index in [9.17, 15) is 4.79 Å². The third-order valence-electron chi connectivity index (χ3n) is 2.25. The molecule has 19 heavy (non-hydrogen) atoms. The lowest BCUT2D eigenvalue weighted by atomic mass is 10.2. The molecule has 2 amide bonds. The van der Waals surface area contributed by atoms with Crippen LogP contribution in [0.4, 0.5) is 10.6 Å². The largest absolute Gasteiger partial charge is 0.324 e. The predicted octanol–water partition coefficient (Wildman–Crippen LogP) is 3.64. The second kappa shape index (κ2) is 6.70. The Bertz CT molecular complexity index is 584. The number of pyridine rings is 1. The fraction of sp³-hybridized carbons (Fsp3) is 0. The highest BCUT2D eigenvalue weighted by Gasteiger charge is 1.98. The molecule has 0 bridgehead atoms. The van der Waals surface area contributed by atoms with Crippen LogP contribution in [-0.4, -0.2) is 11.0 Å². The zero-order valence-electron chi connectivity index (χ0n) is 10.0. The number of halogens is 1. The average Bonchev–Trinajstić information content (AvgIpc) is 2.40. The van der Waals surface area contributed by atoms with Gasteiger partial charge >= 0.3 is 6.03 Å². The predicted molar refractivity (Wildman–Crippen MR) is 79.6 cm³/mol. The molecule has 5 heteroatoms. The first-order chi connectivity index (χ1) is 9.24. The van der Waals surface area contributed by atoms with Gasteiger partial charge < -0.3 is 5.32 Å². The highest BCUT2D eigenvalue weighted by Crippen LogP contribution is 2.12. The first kappa shape index (κ1) is 13.3. The second-order valence-electron chi connectivity index (χ2n) is 3.70. The third kappa shape index (κ3) is 4.56. The van der Waals surface area contributed by atoms with Crippen LogP contribution in [-0.2, 0) is 0 Å². The second-order valence-corrected chi connectivity index (χ2v) is 4.62. The number of hydrogen-bond donors (Lipinski definition) is 2. The average molecular weight is 318 g/mol. The van der Waals surface area contributed by atoms with Gasteiger partial charge in [-0.2, -0.15) is 0 Å². The van der Waals surface area contributed by atoms with Crippen molar-refractivity contribution in [3.8, 4) is 0 Å². The van der Waals surface area contributed by atoms with Crippen molar-refractivity contribution in [2.45, 2.75) is 0 Å². The Balaban J connectivity index is 1.87. The van der Waals surface area contributed by atoms with E-state index in [0.29, 0.717) is 5.82 Å². The molecule has 96 valence electrons. The lowest BCUT2D eigenvalue weighted by molar-refractivity contribution is 0.255. The summed E-state index contributed by atoms with van der Waals surface area (Å²) in [4.78, 5) is 15.5. The quantitative estimate of drug-likeness (QED) is 0.908. The number of carbonyl (C=O) groups is 1. The van der Waals surface area contributed by atoms with Crippen LogP contribution in [0.25, 0.3) is 6.08 Å². The molecule has 2 aromatic rings. The molecule has 1 heterocycles. The Morgan fingerprint density at radius 3 is 2.84 bits per heavy atom. The van der Waals surface area contributed by atoms with Crippen molar-refractivity contribution in [2.75, 3.05) is 5.32 Å². The summed E-state index contributed by atoms with van der Waals surface area (Å²) in [7, 11) is 0. The molecular formula is C14H12BrN3O. The van der Waals surface area contributed by atoms with Crippen molar-refractivity contribution in [3.05, 3.63) is 64.9 Å². The van der Waals surface area contributed by atoms with Crippen LogP contribution in [0.15, 0.2) is 59.3 Å². The summed E-state index contributed by atoms with van der Waals surface area (Å²) in [6.07, 6.45) is 5.01. The number of carbonyl (C=O) groups excluding carboxylic acids is 1. The maximum absolute atomic E-state index is 11.5. The van der Waals surface area contributed by atoms with Crippen LogP contribution >= 0.6 is 15.9 Å². The summed E-state index contributed by atoms with van der Waals surface area (Å²) in [6, 6.07) is 12.8. The topological polar surface area (TPSA) is 54.0 Å².